The number of anilines is 1. The van der Waals surface area contributed by atoms with Crippen LogP contribution >= 0.6 is 0 Å². The number of nitrogens with zero attached hydrogens (tertiary/aromatic N) is 4. The molecule has 22 heavy (non-hydrogen) atoms. The minimum Gasteiger partial charge on any atom is -0.380 e. The van der Waals surface area contributed by atoms with E-state index in [-0.39, 0.29) is 6.04 Å². The van der Waals surface area contributed by atoms with Gasteiger partial charge in [0.15, 0.2) is 5.69 Å². The zero-order valence-electron chi connectivity index (χ0n) is 12.4. The van der Waals surface area contributed by atoms with Gasteiger partial charge < -0.3 is 5.32 Å². The Labute approximate surface area is 128 Å². The zero-order valence-corrected chi connectivity index (χ0v) is 12.4. The fourth-order valence-corrected chi connectivity index (χ4v) is 2.33. The van der Waals surface area contributed by atoms with E-state index in [1.165, 1.54) is 0 Å². The molecule has 108 valence electrons. The average molecular weight is 289 g/mol. The number of pyridine rings is 1. The normalized spacial score (nSPS) is 10.6. The molecule has 0 aliphatic rings. The summed E-state index contributed by atoms with van der Waals surface area (Å²) in [5.74, 6) is 0. The van der Waals surface area contributed by atoms with Crippen LogP contribution in [0.2, 0.25) is 0 Å². The summed E-state index contributed by atoms with van der Waals surface area (Å²) in [6, 6.07) is 12.1. The fourth-order valence-electron chi connectivity index (χ4n) is 2.33. The van der Waals surface area contributed by atoms with Gasteiger partial charge in [-0.3, -0.25) is 4.98 Å². The largest absolute Gasteiger partial charge is 0.380 e. The third-order valence-corrected chi connectivity index (χ3v) is 3.30. The highest BCUT2D eigenvalue weighted by Crippen LogP contribution is 2.28. The maximum Gasteiger partial charge on any atom is 0.186 e. The molecule has 0 atom stereocenters. The molecule has 0 fully saturated rings. The Bertz CT molecular complexity index is 850. The standard InChI is InChI=1S/C17H15N5/c1-11(2)20-17-14-6-5-12(13-4-3-7-19-10-13)8-15(14)21-22-16(17)9-18/h3-8,10-11H,1-2H3,(H,20,21). The van der Waals surface area contributed by atoms with E-state index in [1.54, 1.807) is 6.20 Å². The first-order valence-corrected chi connectivity index (χ1v) is 7.06. The summed E-state index contributed by atoms with van der Waals surface area (Å²) in [4.78, 5) is 4.13. The van der Waals surface area contributed by atoms with Gasteiger partial charge in [-0.15, -0.1) is 10.2 Å². The van der Waals surface area contributed by atoms with Crippen LogP contribution in [-0.4, -0.2) is 21.2 Å². The lowest BCUT2D eigenvalue weighted by molar-refractivity contribution is 0.894. The summed E-state index contributed by atoms with van der Waals surface area (Å²) in [5.41, 5.74) is 3.85. The van der Waals surface area contributed by atoms with Crippen molar-refractivity contribution in [2.75, 3.05) is 5.32 Å². The fraction of sp³-hybridized carbons (Fsp3) is 0.176. The van der Waals surface area contributed by atoms with Gasteiger partial charge in [0.1, 0.15) is 6.07 Å². The molecule has 0 bridgehead atoms. The molecule has 5 heteroatoms. The number of hydrogen-bond donors (Lipinski definition) is 1. The van der Waals surface area contributed by atoms with Crippen molar-refractivity contribution in [1.29, 1.82) is 5.26 Å². The van der Waals surface area contributed by atoms with E-state index < -0.39 is 0 Å². The third-order valence-electron chi connectivity index (χ3n) is 3.30. The number of benzene rings is 1. The molecular formula is C17H15N5. The predicted octanol–water partition coefficient (Wildman–Crippen LogP) is 3.38. The quantitative estimate of drug-likeness (QED) is 0.800. The minimum atomic E-state index is 0.206. The van der Waals surface area contributed by atoms with E-state index in [0.29, 0.717) is 5.69 Å². The lowest BCUT2D eigenvalue weighted by Gasteiger charge is -2.13. The maximum atomic E-state index is 9.22. The lowest BCUT2D eigenvalue weighted by Crippen LogP contribution is -2.12. The first-order chi connectivity index (χ1) is 10.7. The van der Waals surface area contributed by atoms with E-state index in [1.807, 2.05) is 50.4 Å². The predicted molar refractivity (Wildman–Crippen MR) is 86.2 cm³/mol. The van der Waals surface area contributed by atoms with Crippen molar-refractivity contribution < 1.29 is 0 Å². The Kier molecular flexibility index (Phi) is 3.67. The molecule has 3 rings (SSSR count). The number of nitrogens with one attached hydrogen (secondary N) is 1. The van der Waals surface area contributed by atoms with Gasteiger partial charge in [-0.1, -0.05) is 12.1 Å². The second-order valence-corrected chi connectivity index (χ2v) is 5.31. The number of rotatable bonds is 3. The number of fused-ring (bicyclic) bond motifs is 1. The third kappa shape index (κ3) is 2.59. The summed E-state index contributed by atoms with van der Waals surface area (Å²) >= 11 is 0. The number of aromatic nitrogens is 3. The van der Waals surface area contributed by atoms with Gasteiger partial charge >= 0.3 is 0 Å². The molecule has 0 spiro atoms. The van der Waals surface area contributed by atoms with Gasteiger partial charge in [0.05, 0.1) is 11.2 Å². The summed E-state index contributed by atoms with van der Waals surface area (Å²) < 4.78 is 0. The molecule has 5 nitrogen and oxygen atoms in total. The summed E-state index contributed by atoms with van der Waals surface area (Å²) in [6.45, 7) is 4.05. The molecule has 3 aromatic rings. The molecule has 0 aliphatic carbocycles. The molecule has 0 saturated carbocycles. The first-order valence-electron chi connectivity index (χ1n) is 7.06. The summed E-state index contributed by atoms with van der Waals surface area (Å²) in [6.07, 6.45) is 3.56. The van der Waals surface area contributed by atoms with Crippen molar-refractivity contribution in [1.82, 2.24) is 15.2 Å². The Balaban J connectivity index is 2.17. The first kappa shape index (κ1) is 14.0. The molecule has 1 N–H and O–H groups in total. The molecule has 2 heterocycles. The Morgan fingerprint density at radius 3 is 2.68 bits per heavy atom. The van der Waals surface area contributed by atoms with E-state index in [9.17, 15) is 5.26 Å². The van der Waals surface area contributed by atoms with Gasteiger partial charge in [-0.25, -0.2) is 0 Å². The Morgan fingerprint density at radius 2 is 2.00 bits per heavy atom. The Morgan fingerprint density at radius 1 is 1.14 bits per heavy atom. The van der Waals surface area contributed by atoms with Crippen molar-refractivity contribution in [3.05, 3.63) is 48.4 Å². The van der Waals surface area contributed by atoms with E-state index in [2.05, 4.69) is 26.6 Å². The van der Waals surface area contributed by atoms with Crippen molar-refractivity contribution in [2.24, 2.45) is 0 Å². The molecule has 1 aromatic carbocycles. The van der Waals surface area contributed by atoms with Gasteiger partial charge in [0.25, 0.3) is 0 Å². The molecule has 0 amide bonds. The van der Waals surface area contributed by atoms with Gasteiger partial charge in [0, 0.05) is 29.4 Å². The van der Waals surface area contributed by atoms with Crippen molar-refractivity contribution >= 4 is 16.6 Å². The van der Waals surface area contributed by atoms with Crippen molar-refractivity contribution in [3.8, 4) is 17.2 Å². The van der Waals surface area contributed by atoms with Crippen LogP contribution in [0.1, 0.15) is 19.5 Å². The van der Waals surface area contributed by atoms with Crippen LogP contribution < -0.4 is 5.32 Å². The second-order valence-electron chi connectivity index (χ2n) is 5.31. The highest BCUT2D eigenvalue weighted by Gasteiger charge is 2.12. The van der Waals surface area contributed by atoms with Crippen LogP contribution in [0.15, 0.2) is 42.7 Å². The van der Waals surface area contributed by atoms with E-state index in [4.69, 9.17) is 0 Å². The highest BCUT2D eigenvalue weighted by atomic mass is 15.1. The zero-order chi connectivity index (χ0) is 15.5. The number of nitriles is 1. The summed E-state index contributed by atoms with van der Waals surface area (Å²) in [5, 5.41) is 21.6. The van der Waals surface area contributed by atoms with Crippen LogP contribution in [0.5, 0.6) is 0 Å². The smallest absolute Gasteiger partial charge is 0.186 e. The van der Waals surface area contributed by atoms with Crippen LogP contribution in [0, 0.1) is 11.3 Å². The summed E-state index contributed by atoms with van der Waals surface area (Å²) in [7, 11) is 0. The van der Waals surface area contributed by atoms with Gasteiger partial charge in [0.2, 0.25) is 0 Å². The molecule has 0 radical (unpaired) electrons. The monoisotopic (exact) mass is 289 g/mol. The second kappa shape index (κ2) is 5.78. The van der Waals surface area contributed by atoms with Crippen LogP contribution in [0.4, 0.5) is 5.69 Å². The van der Waals surface area contributed by atoms with Crippen LogP contribution in [-0.2, 0) is 0 Å². The molecule has 0 aliphatic heterocycles. The van der Waals surface area contributed by atoms with E-state index >= 15 is 0 Å². The van der Waals surface area contributed by atoms with Crippen LogP contribution in [0.3, 0.4) is 0 Å². The number of hydrogen-bond acceptors (Lipinski definition) is 5. The Hall–Kier alpha value is -3.00. The van der Waals surface area contributed by atoms with Gasteiger partial charge in [-0.2, -0.15) is 5.26 Å². The average Bonchev–Trinajstić information content (AvgIpc) is 2.55. The van der Waals surface area contributed by atoms with Crippen LogP contribution in [0.25, 0.3) is 22.0 Å². The molecule has 0 unspecified atom stereocenters. The molecule has 2 aromatic heterocycles. The molecular weight excluding hydrogens is 274 g/mol. The highest BCUT2D eigenvalue weighted by molar-refractivity contribution is 5.95. The minimum absolute atomic E-state index is 0.206. The topological polar surface area (TPSA) is 74.5 Å². The van der Waals surface area contributed by atoms with Crippen molar-refractivity contribution in [2.45, 2.75) is 19.9 Å². The SMILES string of the molecule is CC(C)Nc1c(C#N)nnc2cc(-c3cccnc3)ccc12. The van der Waals surface area contributed by atoms with Crippen molar-refractivity contribution in [3.63, 3.8) is 0 Å². The lowest BCUT2D eigenvalue weighted by atomic mass is 10.0. The van der Waals surface area contributed by atoms with Gasteiger partial charge in [-0.05, 0) is 37.6 Å². The van der Waals surface area contributed by atoms with E-state index in [0.717, 1.165) is 27.7 Å². The molecule has 0 saturated heterocycles. The maximum absolute atomic E-state index is 9.22.